The molecule has 5 N–H and O–H groups in total. The van der Waals surface area contributed by atoms with Gasteiger partial charge in [0.2, 0.25) is 0 Å². The minimum atomic E-state index is -0.621. The highest BCUT2D eigenvalue weighted by Gasteiger charge is 2.13. The van der Waals surface area contributed by atoms with E-state index < -0.39 is 5.82 Å². The molecule has 1 aromatic rings. The smallest absolute Gasteiger partial charge is 0.149 e. The second-order valence-corrected chi connectivity index (χ2v) is 2.91. The predicted molar refractivity (Wildman–Crippen MR) is 49.7 cm³/mol. The molecule has 1 atom stereocenters. The molecule has 0 radical (unpaired) electrons. The Bertz CT molecular complexity index is 315. The zero-order valence-electron chi connectivity index (χ0n) is 7.42. The van der Waals surface area contributed by atoms with Crippen LogP contribution in [0.5, 0.6) is 5.75 Å². The van der Waals surface area contributed by atoms with Crippen LogP contribution < -0.4 is 11.5 Å². The Labute approximate surface area is 76.2 Å². The summed E-state index contributed by atoms with van der Waals surface area (Å²) < 4.78 is 12.8. The van der Waals surface area contributed by atoms with E-state index in [2.05, 4.69) is 0 Å². The quantitative estimate of drug-likeness (QED) is 0.482. The summed E-state index contributed by atoms with van der Waals surface area (Å²) in [5.41, 5.74) is 11.2. The van der Waals surface area contributed by atoms with E-state index in [9.17, 15) is 9.50 Å². The van der Waals surface area contributed by atoms with Gasteiger partial charge in [-0.3, -0.25) is 0 Å². The Kier molecular flexibility index (Phi) is 2.72. The highest BCUT2D eigenvalue weighted by molar-refractivity contribution is 5.57. The van der Waals surface area contributed by atoms with E-state index in [-0.39, 0.29) is 17.5 Å². The van der Waals surface area contributed by atoms with Crippen molar-refractivity contribution in [2.24, 2.45) is 5.73 Å². The average Bonchev–Trinajstić information content (AvgIpc) is 2.13. The Hall–Kier alpha value is -1.29. The van der Waals surface area contributed by atoms with Crippen molar-refractivity contribution in [1.82, 2.24) is 0 Å². The van der Waals surface area contributed by atoms with Gasteiger partial charge in [0, 0.05) is 11.6 Å². The van der Waals surface area contributed by atoms with Crippen LogP contribution in [0.1, 0.15) is 24.9 Å². The summed E-state index contributed by atoms with van der Waals surface area (Å²) in [6.45, 7) is 1.88. The Morgan fingerprint density at radius 3 is 2.69 bits per heavy atom. The predicted octanol–water partition coefficient (Wildman–Crippen LogP) is 1.52. The summed E-state index contributed by atoms with van der Waals surface area (Å²) in [5.74, 6) is -0.862. The van der Waals surface area contributed by atoms with Crippen molar-refractivity contribution >= 4 is 5.69 Å². The van der Waals surface area contributed by atoms with Crippen molar-refractivity contribution < 1.29 is 9.50 Å². The lowest BCUT2D eigenvalue weighted by Crippen LogP contribution is -2.10. The molecule has 0 aliphatic heterocycles. The molecule has 0 fully saturated rings. The van der Waals surface area contributed by atoms with Gasteiger partial charge < -0.3 is 16.6 Å². The van der Waals surface area contributed by atoms with Gasteiger partial charge in [0.15, 0.2) is 0 Å². The molecule has 0 amide bonds. The summed E-state index contributed by atoms with van der Waals surface area (Å²) in [6.07, 6.45) is 0.665. The highest BCUT2D eigenvalue weighted by Crippen LogP contribution is 2.31. The molecule has 1 aromatic carbocycles. The summed E-state index contributed by atoms with van der Waals surface area (Å²) in [7, 11) is 0. The fourth-order valence-corrected chi connectivity index (χ4v) is 1.12. The molecule has 0 bridgehead atoms. The lowest BCUT2D eigenvalue weighted by atomic mass is 10.0. The first-order chi connectivity index (χ1) is 6.07. The van der Waals surface area contributed by atoms with Crippen LogP contribution in [-0.4, -0.2) is 5.11 Å². The summed E-state index contributed by atoms with van der Waals surface area (Å²) in [4.78, 5) is 0. The second kappa shape index (κ2) is 3.62. The number of rotatable bonds is 2. The molecule has 0 saturated carbocycles. The lowest BCUT2D eigenvalue weighted by Gasteiger charge is -2.12. The molecule has 72 valence electrons. The molecule has 1 rings (SSSR count). The normalized spacial score (nSPS) is 12.8. The zero-order valence-corrected chi connectivity index (χ0v) is 7.42. The van der Waals surface area contributed by atoms with E-state index in [0.29, 0.717) is 12.0 Å². The molecule has 0 aliphatic rings. The summed E-state index contributed by atoms with van der Waals surface area (Å²) in [6, 6.07) is 2.36. The van der Waals surface area contributed by atoms with E-state index in [0.717, 1.165) is 0 Å². The van der Waals surface area contributed by atoms with Crippen LogP contribution in [0.25, 0.3) is 0 Å². The van der Waals surface area contributed by atoms with Crippen LogP contribution in [0.15, 0.2) is 12.1 Å². The molecular weight excluding hydrogens is 171 g/mol. The topological polar surface area (TPSA) is 72.3 Å². The molecule has 0 unspecified atom stereocenters. The first-order valence-corrected chi connectivity index (χ1v) is 4.10. The minimum absolute atomic E-state index is 0.235. The molecule has 0 aromatic heterocycles. The van der Waals surface area contributed by atoms with Crippen molar-refractivity contribution in [2.45, 2.75) is 19.4 Å². The lowest BCUT2D eigenvalue weighted by molar-refractivity contribution is 0.458. The number of hydrogen-bond donors (Lipinski definition) is 3. The van der Waals surface area contributed by atoms with E-state index in [1.54, 1.807) is 0 Å². The van der Waals surface area contributed by atoms with Gasteiger partial charge in [-0.1, -0.05) is 13.0 Å². The fourth-order valence-electron chi connectivity index (χ4n) is 1.12. The largest absolute Gasteiger partial charge is 0.505 e. The van der Waals surface area contributed by atoms with E-state index in [4.69, 9.17) is 11.5 Å². The van der Waals surface area contributed by atoms with Crippen LogP contribution >= 0.6 is 0 Å². The van der Waals surface area contributed by atoms with Crippen molar-refractivity contribution in [3.63, 3.8) is 0 Å². The van der Waals surface area contributed by atoms with E-state index in [1.165, 1.54) is 12.1 Å². The van der Waals surface area contributed by atoms with Crippen LogP contribution in [0.2, 0.25) is 0 Å². The van der Waals surface area contributed by atoms with Crippen molar-refractivity contribution in [3.8, 4) is 5.75 Å². The summed E-state index contributed by atoms with van der Waals surface area (Å²) in [5, 5.41) is 9.43. The number of aromatic hydroxyl groups is 1. The van der Waals surface area contributed by atoms with Gasteiger partial charge in [0.1, 0.15) is 17.3 Å². The van der Waals surface area contributed by atoms with E-state index in [1.807, 2.05) is 6.92 Å². The third kappa shape index (κ3) is 1.72. The Morgan fingerprint density at radius 1 is 1.54 bits per heavy atom. The molecule has 13 heavy (non-hydrogen) atoms. The van der Waals surface area contributed by atoms with Crippen molar-refractivity contribution in [2.75, 3.05) is 5.73 Å². The first-order valence-electron chi connectivity index (χ1n) is 4.10. The molecule has 0 aliphatic carbocycles. The van der Waals surface area contributed by atoms with Gasteiger partial charge in [0.05, 0.1) is 0 Å². The number of phenolic OH excluding ortho intramolecular Hbond substituents is 1. The molecular formula is C9H13FN2O. The average molecular weight is 184 g/mol. The SMILES string of the molecule is CC[C@@H](N)c1ccc(F)c(N)c1O. The van der Waals surface area contributed by atoms with Crippen LogP contribution in [-0.2, 0) is 0 Å². The Morgan fingerprint density at radius 2 is 2.15 bits per heavy atom. The summed E-state index contributed by atoms with van der Waals surface area (Å²) >= 11 is 0. The van der Waals surface area contributed by atoms with Gasteiger partial charge in [-0.15, -0.1) is 0 Å². The van der Waals surface area contributed by atoms with Gasteiger partial charge in [-0.25, -0.2) is 4.39 Å². The van der Waals surface area contributed by atoms with Crippen LogP contribution in [0.3, 0.4) is 0 Å². The zero-order chi connectivity index (χ0) is 10.0. The number of phenols is 1. The number of hydrogen-bond acceptors (Lipinski definition) is 3. The first kappa shape index (κ1) is 9.80. The van der Waals surface area contributed by atoms with Gasteiger partial charge >= 0.3 is 0 Å². The Balaban J connectivity index is 3.18. The number of halogens is 1. The molecule has 4 heteroatoms. The molecule has 0 spiro atoms. The molecule has 3 nitrogen and oxygen atoms in total. The van der Waals surface area contributed by atoms with Crippen molar-refractivity contribution in [3.05, 3.63) is 23.5 Å². The van der Waals surface area contributed by atoms with Crippen molar-refractivity contribution in [1.29, 1.82) is 0 Å². The third-order valence-corrected chi connectivity index (χ3v) is 2.03. The maximum Gasteiger partial charge on any atom is 0.149 e. The molecule has 0 heterocycles. The van der Waals surface area contributed by atoms with Crippen LogP contribution in [0, 0.1) is 5.82 Å². The second-order valence-electron chi connectivity index (χ2n) is 2.91. The number of nitrogen functional groups attached to an aromatic ring is 1. The minimum Gasteiger partial charge on any atom is -0.505 e. The third-order valence-electron chi connectivity index (χ3n) is 2.03. The number of nitrogens with two attached hydrogens (primary N) is 2. The van der Waals surface area contributed by atoms with Crippen LogP contribution in [0.4, 0.5) is 10.1 Å². The van der Waals surface area contributed by atoms with Gasteiger partial charge in [-0.05, 0) is 12.5 Å². The standard InChI is InChI=1S/C9H13FN2O/c1-2-7(11)5-3-4-6(10)8(12)9(5)13/h3-4,7,13H,2,11-12H2,1H3/t7-/m1/s1. The maximum absolute atomic E-state index is 12.8. The van der Waals surface area contributed by atoms with Gasteiger partial charge in [-0.2, -0.15) is 0 Å². The monoisotopic (exact) mass is 184 g/mol. The fraction of sp³-hybridized carbons (Fsp3) is 0.333. The number of benzene rings is 1. The maximum atomic E-state index is 12.8. The van der Waals surface area contributed by atoms with E-state index >= 15 is 0 Å². The highest BCUT2D eigenvalue weighted by atomic mass is 19.1. The van der Waals surface area contributed by atoms with Gasteiger partial charge in [0.25, 0.3) is 0 Å². The molecule has 0 saturated heterocycles. The number of anilines is 1.